The van der Waals surface area contributed by atoms with Crippen LogP contribution in [0.4, 0.5) is 5.82 Å². The van der Waals surface area contributed by atoms with Gasteiger partial charge in [0.1, 0.15) is 0 Å². The molecule has 5 rings (SSSR count). The summed E-state index contributed by atoms with van der Waals surface area (Å²) in [6.07, 6.45) is 5.25. The van der Waals surface area contributed by atoms with Crippen LogP contribution >= 0.6 is 11.8 Å². The summed E-state index contributed by atoms with van der Waals surface area (Å²) < 4.78 is 1.70. The summed E-state index contributed by atoms with van der Waals surface area (Å²) in [4.78, 5) is 33.8. The molecule has 2 aromatic rings. The summed E-state index contributed by atoms with van der Waals surface area (Å²) in [5.41, 5.74) is 3.05. The zero-order valence-corrected chi connectivity index (χ0v) is 17.3. The van der Waals surface area contributed by atoms with Gasteiger partial charge < -0.3 is 9.80 Å². The van der Waals surface area contributed by atoms with Gasteiger partial charge in [-0.2, -0.15) is 5.10 Å². The lowest BCUT2D eigenvalue weighted by molar-refractivity contribution is -0.132. The fourth-order valence-corrected chi connectivity index (χ4v) is 5.46. The quantitative estimate of drug-likeness (QED) is 0.701. The molecule has 0 radical (unpaired) electrons. The summed E-state index contributed by atoms with van der Waals surface area (Å²) in [6.45, 7) is 4.63. The first-order chi connectivity index (χ1) is 14.1. The van der Waals surface area contributed by atoms with E-state index in [4.69, 9.17) is 0 Å². The Labute approximate surface area is 173 Å². The number of carbonyl (C=O) groups is 1. The number of amides is 1. The standard InChI is InChI=1S/C20H24N6O2S/c1-13-11-21-20-26(19(13)28)15(12-29-20)10-18(27)25-7-5-24(6-8-25)17-9-14-3-2-4-16(14)22-23-17/h9,11,15H,2-8,10,12H2,1H3/t15-/m0/s1. The van der Waals surface area contributed by atoms with Crippen LogP contribution in [-0.4, -0.2) is 62.5 Å². The van der Waals surface area contributed by atoms with Crippen LogP contribution in [0.25, 0.3) is 0 Å². The number of piperazine rings is 1. The third-order valence-corrected chi connectivity index (χ3v) is 7.19. The molecule has 1 amide bonds. The zero-order chi connectivity index (χ0) is 20.0. The highest BCUT2D eigenvalue weighted by Crippen LogP contribution is 2.32. The lowest BCUT2D eigenvalue weighted by Gasteiger charge is -2.35. The van der Waals surface area contributed by atoms with Gasteiger partial charge in [-0.15, -0.1) is 5.10 Å². The molecule has 152 valence electrons. The Bertz CT molecular complexity index is 1010. The molecule has 4 heterocycles. The van der Waals surface area contributed by atoms with Crippen LogP contribution in [0, 0.1) is 6.92 Å². The summed E-state index contributed by atoms with van der Waals surface area (Å²) >= 11 is 1.55. The molecular weight excluding hydrogens is 388 g/mol. The van der Waals surface area contributed by atoms with Crippen LogP contribution in [0.3, 0.4) is 0 Å². The summed E-state index contributed by atoms with van der Waals surface area (Å²) in [5.74, 6) is 1.76. The minimum Gasteiger partial charge on any atom is -0.352 e. The Morgan fingerprint density at radius 1 is 1.21 bits per heavy atom. The molecule has 9 heteroatoms. The lowest BCUT2D eigenvalue weighted by atomic mass is 10.2. The van der Waals surface area contributed by atoms with Gasteiger partial charge in [-0.25, -0.2) is 4.98 Å². The molecule has 3 aliphatic rings. The van der Waals surface area contributed by atoms with Crippen LogP contribution in [0.2, 0.25) is 0 Å². The van der Waals surface area contributed by atoms with Gasteiger partial charge in [0.05, 0.1) is 11.7 Å². The molecule has 0 unspecified atom stereocenters. The first kappa shape index (κ1) is 18.6. The maximum absolute atomic E-state index is 12.9. The molecule has 8 nitrogen and oxygen atoms in total. The van der Waals surface area contributed by atoms with Crippen molar-refractivity contribution in [3.63, 3.8) is 0 Å². The number of aryl methyl sites for hydroxylation is 3. The Hall–Kier alpha value is -2.42. The third kappa shape index (κ3) is 3.41. The van der Waals surface area contributed by atoms with Crippen LogP contribution < -0.4 is 10.5 Å². The van der Waals surface area contributed by atoms with Gasteiger partial charge in [0.25, 0.3) is 5.56 Å². The van der Waals surface area contributed by atoms with Crippen molar-refractivity contribution >= 4 is 23.5 Å². The van der Waals surface area contributed by atoms with E-state index in [0.717, 1.165) is 54.8 Å². The molecule has 2 aromatic heterocycles. The monoisotopic (exact) mass is 412 g/mol. The topological polar surface area (TPSA) is 84.2 Å². The van der Waals surface area contributed by atoms with Crippen LogP contribution in [-0.2, 0) is 17.6 Å². The predicted octanol–water partition coefficient (Wildman–Crippen LogP) is 1.22. The number of thioether (sulfide) groups is 1. The molecule has 0 aromatic carbocycles. The van der Waals surface area contributed by atoms with Crippen molar-refractivity contribution in [2.75, 3.05) is 36.8 Å². The lowest BCUT2D eigenvalue weighted by Crippen LogP contribution is -2.49. The Morgan fingerprint density at radius 3 is 2.86 bits per heavy atom. The summed E-state index contributed by atoms with van der Waals surface area (Å²) in [6, 6.07) is 2.06. The predicted molar refractivity (Wildman–Crippen MR) is 110 cm³/mol. The normalized spacial score (nSPS) is 20.7. The molecule has 1 saturated heterocycles. The molecule has 1 aliphatic carbocycles. The van der Waals surface area contributed by atoms with E-state index in [0.29, 0.717) is 25.1 Å². The van der Waals surface area contributed by atoms with E-state index in [9.17, 15) is 9.59 Å². The van der Waals surface area contributed by atoms with Crippen molar-refractivity contribution < 1.29 is 4.79 Å². The molecule has 0 bridgehead atoms. The average Bonchev–Trinajstić information content (AvgIpc) is 3.37. The number of rotatable bonds is 3. The van der Waals surface area contributed by atoms with E-state index in [1.54, 1.807) is 29.4 Å². The van der Waals surface area contributed by atoms with Crippen molar-refractivity contribution in [2.45, 2.75) is 43.8 Å². The number of hydrogen-bond acceptors (Lipinski definition) is 7. The molecule has 0 spiro atoms. The maximum atomic E-state index is 12.9. The second kappa shape index (κ2) is 7.44. The average molecular weight is 413 g/mol. The Balaban J connectivity index is 1.22. The maximum Gasteiger partial charge on any atom is 0.257 e. The third-order valence-electron chi connectivity index (χ3n) is 6.07. The molecular formula is C20H24N6O2S. The first-order valence-electron chi connectivity index (χ1n) is 10.2. The number of fused-ring (bicyclic) bond motifs is 2. The highest BCUT2D eigenvalue weighted by molar-refractivity contribution is 7.99. The summed E-state index contributed by atoms with van der Waals surface area (Å²) in [7, 11) is 0. The van der Waals surface area contributed by atoms with Crippen LogP contribution in [0.5, 0.6) is 0 Å². The second-order valence-corrected chi connectivity index (χ2v) is 8.95. The van der Waals surface area contributed by atoms with Crippen LogP contribution in [0.1, 0.15) is 35.7 Å². The van der Waals surface area contributed by atoms with Crippen molar-refractivity contribution in [1.29, 1.82) is 0 Å². The van der Waals surface area contributed by atoms with Crippen molar-refractivity contribution in [3.05, 3.63) is 39.4 Å². The van der Waals surface area contributed by atoms with Gasteiger partial charge in [0.15, 0.2) is 11.0 Å². The van der Waals surface area contributed by atoms with E-state index in [2.05, 4.69) is 26.1 Å². The van der Waals surface area contributed by atoms with Crippen molar-refractivity contribution in [2.24, 2.45) is 0 Å². The Morgan fingerprint density at radius 2 is 2.03 bits per heavy atom. The van der Waals surface area contributed by atoms with Gasteiger partial charge in [-0.1, -0.05) is 11.8 Å². The van der Waals surface area contributed by atoms with Gasteiger partial charge in [-0.3, -0.25) is 14.2 Å². The fourth-order valence-electron chi connectivity index (χ4n) is 4.36. The Kier molecular flexibility index (Phi) is 4.77. The molecule has 0 saturated carbocycles. The minimum absolute atomic E-state index is 0.0298. The molecule has 1 atom stereocenters. The molecule has 29 heavy (non-hydrogen) atoms. The smallest absolute Gasteiger partial charge is 0.257 e. The van der Waals surface area contributed by atoms with Crippen molar-refractivity contribution in [3.8, 4) is 0 Å². The van der Waals surface area contributed by atoms with E-state index in [1.165, 1.54) is 5.56 Å². The minimum atomic E-state index is -0.108. The number of nitrogens with zero attached hydrogens (tertiary/aromatic N) is 6. The first-order valence-corrected chi connectivity index (χ1v) is 11.2. The number of carbonyl (C=O) groups excluding carboxylic acids is 1. The van der Waals surface area contributed by atoms with E-state index >= 15 is 0 Å². The highest BCUT2D eigenvalue weighted by atomic mass is 32.2. The SMILES string of the molecule is Cc1cnc2n(c1=O)[C@@H](CC(=O)N1CCN(c3cc4c(nn3)CCC4)CC1)CS2. The van der Waals surface area contributed by atoms with Gasteiger partial charge in [-0.05, 0) is 37.8 Å². The fraction of sp³-hybridized carbons (Fsp3) is 0.550. The molecule has 1 fully saturated rings. The number of hydrogen-bond donors (Lipinski definition) is 0. The highest BCUT2D eigenvalue weighted by Gasteiger charge is 2.30. The largest absolute Gasteiger partial charge is 0.352 e. The van der Waals surface area contributed by atoms with E-state index in [-0.39, 0.29) is 17.5 Å². The van der Waals surface area contributed by atoms with Gasteiger partial charge in [0, 0.05) is 50.1 Å². The second-order valence-electron chi connectivity index (χ2n) is 7.96. The molecule has 0 N–H and O–H groups in total. The van der Waals surface area contributed by atoms with E-state index in [1.807, 2.05) is 4.90 Å². The van der Waals surface area contributed by atoms with Gasteiger partial charge in [0.2, 0.25) is 5.91 Å². The van der Waals surface area contributed by atoms with Gasteiger partial charge >= 0.3 is 0 Å². The summed E-state index contributed by atoms with van der Waals surface area (Å²) in [5, 5.41) is 9.50. The van der Waals surface area contributed by atoms with Crippen LogP contribution in [0.15, 0.2) is 22.2 Å². The number of aromatic nitrogens is 4. The van der Waals surface area contributed by atoms with Crippen molar-refractivity contribution in [1.82, 2.24) is 24.6 Å². The zero-order valence-electron chi connectivity index (χ0n) is 16.5. The number of anilines is 1. The van der Waals surface area contributed by atoms with E-state index < -0.39 is 0 Å². The molecule has 2 aliphatic heterocycles.